The van der Waals surface area contributed by atoms with Gasteiger partial charge in [0.05, 0.1) is 24.2 Å². The molecule has 0 amide bonds. The Morgan fingerprint density at radius 2 is 1.78 bits per heavy atom. The number of ether oxygens (including phenoxy) is 3. The molecule has 0 radical (unpaired) electrons. The van der Waals surface area contributed by atoms with E-state index >= 15 is 0 Å². The molecule has 0 N–H and O–H groups in total. The van der Waals surface area contributed by atoms with Gasteiger partial charge in [-0.25, -0.2) is 0 Å². The molecule has 0 atom stereocenters. The Labute approximate surface area is 136 Å². The van der Waals surface area contributed by atoms with Gasteiger partial charge in [-0.2, -0.15) is 10.2 Å². The molecule has 2 rings (SSSR count). The molecule has 2 aromatic rings. The average Bonchev–Trinajstić information content (AvgIpc) is 2.59. The van der Waals surface area contributed by atoms with Crippen LogP contribution in [0.1, 0.15) is 5.56 Å². The minimum atomic E-state index is 0.470. The molecule has 0 bridgehead atoms. The second kappa shape index (κ2) is 9.38. The van der Waals surface area contributed by atoms with Gasteiger partial charge in [-0.15, -0.1) is 0 Å². The fourth-order valence-corrected chi connectivity index (χ4v) is 1.90. The van der Waals surface area contributed by atoms with Gasteiger partial charge in [-0.3, -0.25) is 0 Å². The summed E-state index contributed by atoms with van der Waals surface area (Å²) in [5.41, 5.74) is 2.56. The van der Waals surface area contributed by atoms with Crippen molar-refractivity contribution < 1.29 is 14.2 Å². The Morgan fingerprint density at radius 3 is 2.52 bits per heavy atom. The largest absolute Gasteiger partial charge is 0.498 e. The minimum absolute atomic E-state index is 0.470. The second-order valence-corrected chi connectivity index (χ2v) is 4.64. The molecule has 0 spiro atoms. The van der Waals surface area contributed by atoms with Gasteiger partial charge in [-0.1, -0.05) is 24.8 Å². The SMILES string of the molecule is C=COCCOc1ccc(N=Nc2ccccc2COC)cc1. The van der Waals surface area contributed by atoms with Crippen molar-refractivity contribution in [3.63, 3.8) is 0 Å². The molecule has 0 aliphatic carbocycles. The molecule has 5 nitrogen and oxygen atoms in total. The third kappa shape index (κ3) is 5.56. The summed E-state index contributed by atoms with van der Waals surface area (Å²) >= 11 is 0. The molecule has 0 unspecified atom stereocenters. The van der Waals surface area contributed by atoms with Crippen molar-refractivity contribution in [2.24, 2.45) is 10.2 Å². The van der Waals surface area contributed by atoms with Crippen molar-refractivity contribution in [3.8, 4) is 5.75 Å². The molecule has 0 aliphatic heterocycles. The minimum Gasteiger partial charge on any atom is -0.498 e. The first-order valence-electron chi connectivity index (χ1n) is 7.27. The predicted molar refractivity (Wildman–Crippen MR) is 89.4 cm³/mol. The van der Waals surface area contributed by atoms with E-state index in [0.717, 1.165) is 22.7 Å². The molecule has 0 fully saturated rings. The smallest absolute Gasteiger partial charge is 0.122 e. The van der Waals surface area contributed by atoms with Crippen LogP contribution in [0.3, 0.4) is 0 Å². The lowest BCUT2D eigenvalue weighted by atomic mass is 10.2. The number of azo groups is 1. The van der Waals surface area contributed by atoms with Crippen LogP contribution in [-0.4, -0.2) is 20.3 Å². The highest BCUT2D eigenvalue weighted by atomic mass is 16.5. The molecule has 0 heterocycles. The molecular weight excluding hydrogens is 292 g/mol. The Bertz CT molecular complexity index is 639. The molecular formula is C18H20N2O3. The highest BCUT2D eigenvalue weighted by Crippen LogP contribution is 2.24. The number of nitrogens with zero attached hydrogens (tertiary/aromatic N) is 2. The van der Waals surface area contributed by atoms with Gasteiger partial charge >= 0.3 is 0 Å². The van der Waals surface area contributed by atoms with Crippen molar-refractivity contribution in [3.05, 3.63) is 66.9 Å². The standard InChI is InChI=1S/C18H20N2O3/c1-3-22-12-13-23-17-10-8-16(9-11-17)19-20-18-7-5-4-6-15(18)14-21-2/h3-11H,1,12-14H2,2H3. The van der Waals surface area contributed by atoms with E-state index in [0.29, 0.717) is 19.8 Å². The fraction of sp³-hybridized carbons (Fsp3) is 0.222. The van der Waals surface area contributed by atoms with Crippen LogP contribution in [0.4, 0.5) is 11.4 Å². The van der Waals surface area contributed by atoms with Crippen LogP contribution >= 0.6 is 0 Å². The van der Waals surface area contributed by atoms with Crippen molar-refractivity contribution in [1.82, 2.24) is 0 Å². The summed E-state index contributed by atoms with van der Waals surface area (Å²) in [5.74, 6) is 0.761. The molecule has 120 valence electrons. The molecule has 0 saturated carbocycles. The maximum atomic E-state index is 5.52. The van der Waals surface area contributed by atoms with Gasteiger partial charge in [0.15, 0.2) is 0 Å². The third-order valence-corrected chi connectivity index (χ3v) is 2.99. The lowest BCUT2D eigenvalue weighted by molar-refractivity contribution is 0.179. The van der Waals surface area contributed by atoms with Crippen molar-refractivity contribution >= 4 is 11.4 Å². The Morgan fingerprint density at radius 1 is 1.00 bits per heavy atom. The topological polar surface area (TPSA) is 52.4 Å². The molecule has 2 aromatic carbocycles. The maximum Gasteiger partial charge on any atom is 0.122 e. The molecule has 23 heavy (non-hydrogen) atoms. The van der Waals surface area contributed by atoms with Crippen LogP contribution < -0.4 is 4.74 Å². The van der Waals surface area contributed by atoms with Crippen LogP contribution in [0, 0.1) is 0 Å². The number of hydrogen-bond acceptors (Lipinski definition) is 5. The van der Waals surface area contributed by atoms with Gasteiger partial charge in [0.1, 0.15) is 19.0 Å². The lowest BCUT2D eigenvalue weighted by Gasteiger charge is -2.05. The average molecular weight is 312 g/mol. The normalized spacial score (nSPS) is 10.7. The molecule has 0 saturated heterocycles. The first-order chi connectivity index (χ1) is 11.3. The first kappa shape index (κ1) is 16.7. The Balaban J connectivity index is 1.96. The summed E-state index contributed by atoms with van der Waals surface area (Å²) in [5, 5.41) is 8.53. The van der Waals surface area contributed by atoms with Gasteiger partial charge in [0.25, 0.3) is 0 Å². The Kier molecular flexibility index (Phi) is 6.81. The third-order valence-electron chi connectivity index (χ3n) is 2.99. The highest BCUT2D eigenvalue weighted by molar-refractivity contribution is 5.46. The van der Waals surface area contributed by atoms with Gasteiger partial charge < -0.3 is 14.2 Å². The maximum absolute atomic E-state index is 5.52. The van der Waals surface area contributed by atoms with Gasteiger partial charge in [-0.05, 0) is 30.3 Å². The lowest BCUT2D eigenvalue weighted by Crippen LogP contribution is -2.03. The molecule has 0 aliphatic rings. The summed E-state index contributed by atoms with van der Waals surface area (Å²) in [6.45, 7) is 4.92. The van der Waals surface area contributed by atoms with Crippen molar-refractivity contribution in [2.75, 3.05) is 20.3 Å². The molecule has 5 heteroatoms. The van der Waals surface area contributed by atoms with E-state index in [4.69, 9.17) is 14.2 Å². The Hall–Kier alpha value is -2.66. The zero-order chi connectivity index (χ0) is 16.3. The monoisotopic (exact) mass is 312 g/mol. The number of methoxy groups -OCH3 is 1. The second-order valence-electron chi connectivity index (χ2n) is 4.64. The van der Waals surface area contributed by atoms with Crippen LogP contribution in [0.25, 0.3) is 0 Å². The summed E-state index contributed by atoms with van der Waals surface area (Å²) < 4.78 is 15.7. The van der Waals surface area contributed by atoms with Gasteiger partial charge in [0, 0.05) is 12.7 Å². The number of hydrogen-bond donors (Lipinski definition) is 0. The number of benzene rings is 2. The van der Waals surface area contributed by atoms with Crippen LogP contribution in [0.2, 0.25) is 0 Å². The van der Waals surface area contributed by atoms with E-state index in [1.165, 1.54) is 6.26 Å². The van der Waals surface area contributed by atoms with Crippen molar-refractivity contribution in [1.29, 1.82) is 0 Å². The van der Waals surface area contributed by atoms with Crippen LogP contribution in [0.5, 0.6) is 5.75 Å². The number of rotatable bonds is 9. The van der Waals surface area contributed by atoms with E-state index in [-0.39, 0.29) is 0 Å². The summed E-state index contributed by atoms with van der Waals surface area (Å²) in [7, 11) is 1.66. The van der Waals surface area contributed by atoms with Crippen LogP contribution in [-0.2, 0) is 16.1 Å². The van der Waals surface area contributed by atoms with E-state index < -0.39 is 0 Å². The van der Waals surface area contributed by atoms with Crippen LogP contribution in [0.15, 0.2) is 71.6 Å². The first-order valence-corrected chi connectivity index (χ1v) is 7.27. The van der Waals surface area contributed by atoms with E-state index in [1.807, 2.05) is 48.5 Å². The molecule has 0 aromatic heterocycles. The summed E-state index contributed by atoms with van der Waals surface area (Å²) in [6, 6.07) is 15.2. The highest BCUT2D eigenvalue weighted by Gasteiger charge is 2.00. The summed E-state index contributed by atoms with van der Waals surface area (Å²) in [4.78, 5) is 0. The predicted octanol–water partition coefficient (Wildman–Crippen LogP) is 4.79. The van der Waals surface area contributed by atoms with E-state index in [9.17, 15) is 0 Å². The van der Waals surface area contributed by atoms with E-state index in [2.05, 4.69) is 16.8 Å². The van der Waals surface area contributed by atoms with Crippen molar-refractivity contribution in [2.45, 2.75) is 6.61 Å². The van der Waals surface area contributed by atoms with Gasteiger partial charge in [0.2, 0.25) is 0 Å². The van der Waals surface area contributed by atoms with E-state index in [1.54, 1.807) is 7.11 Å². The zero-order valence-electron chi connectivity index (χ0n) is 13.1. The zero-order valence-corrected chi connectivity index (χ0v) is 13.1. The summed E-state index contributed by atoms with van der Waals surface area (Å²) in [6.07, 6.45) is 1.40. The quantitative estimate of drug-likeness (QED) is 0.380. The fourth-order valence-electron chi connectivity index (χ4n) is 1.90.